The Labute approximate surface area is 194 Å². The normalized spacial score (nSPS) is 31.9. The second-order valence-electron chi connectivity index (χ2n) is 7.87. The Bertz CT molecular complexity index is 1130. The topological polar surface area (TPSA) is 156 Å². The molecule has 2 atom stereocenters. The molecule has 3 N–H and O–H groups in total. The van der Waals surface area contributed by atoms with Crippen LogP contribution >= 0.6 is 15.2 Å². The van der Waals surface area contributed by atoms with Crippen molar-refractivity contribution in [3.63, 3.8) is 0 Å². The molecule has 184 valence electrons. The molecule has 2 unspecified atom stereocenters. The zero-order valence-electron chi connectivity index (χ0n) is 17.8. The molecule has 0 saturated carbocycles. The SMILES string of the molecule is O=C(Cc1c(F)cccc1C1OP(=O)(O)C(O)(Cc2cccnc2)P(=O)(O)O1)N1CCOCC1. The summed E-state index contributed by atoms with van der Waals surface area (Å²) < 4.78 is 56.1. The molecule has 14 heteroatoms. The van der Waals surface area contributed by atoms with Gasteiger partial charge in [-0.3, -0.25) is 28.0 Å². The van der Waals surface area contributed by atoms with E-state index in [0.717, 1.165) is 6.07 Å². The van der Waals surface area contributed by atoms with E-state index in [0.29, 0.717) is 26.3 Å². The number of nitrogens with zero attached hydrogens (tertiary/aromatic N) is 2. The van der Waals surface area contributed by atoms with Gasteiger partial charge < -0.3 is 24.5 Å². The molecule has 2 aliphatic rings. The zero-order chi connectivity index (χ0) is 24.6. The van der Waals surface area contributed by atoms with Crippen molar-refractivity contribution in [2.75, 3.05) is 26.3 Å². The van der Waals surface area contributed by atoms with Crippen molar-refractivity contribution in [1.82, 2.24) is 9.88 Å². The maximum atomic E-state index is 14.7. The van der Waals surface area contributed by atoms with Gasteiger partial charge in [-0.25, -0.2) is 4.39 Å². The van der Waals surface area contributed by atoms with Crippen molar-refractivity contribution in [3.05, 3.63) is 65.2 Å². The zero-order valence-corrected chi connectivity index (χ0v) is 19.6. The van der Waals surface area contributed by atoms with Crippen LogP contribution in [0.4, 0.5) is 4.39 Å². The second kappa shape index (κ2) is 9.56. The fourth-order valence-corrected chi connectivity index (χ4v) is 7.32. The molecular formula is C20H23FN2O9P2. The van der Waals surface area contributed by atoms with Gasteiger partial charge in [0.15, 0.2) is 0 Å². The largest absolute Gasteiger partial charge is 0.378 e. The summed E-state index contributed by atoms with van der Waals surface area (Å²) in [6, 6.07) is 6.46. The van der Waals surface area contributed by atoms with Gasteiger partial charge in [0.25, 0.3) is 5.08 Å². The molecular weight excluding hydrogens is 493 g/mol. The number of hydrogen-bond acceptors (Lipinski definition) is 8. The molecule has 2 aliphatic heterocycles. The highest BCUT2D eigenvalue weighted by Crippen LogP contribution is 2.79. The number of ether oxygens (including phenoxy) is 1. The van der Waals surface area contributed by atoms with Crippen molar-refractivity contribution < 1.29 is 47.0 Å². The molecule has 11 nitrogen and oxygen atoms in total. The van der Waals surface area contributed by atoms with Crippen LogP contribution in [0.15, 0.2) is 42.7 Å². The fourth-order valence-electron chi connectivity index (χ4n) is 3.76. The third-order valence-electron chi connectivity index (χ3n) is 5.65. The van der Waals surface area contributed by atoms with E-state index in [9.17, 15) is 33.2 Å². The van der Waals surface area contributed by atoms with Crippen molar-refractivity contribution >= 4 is 21.1 Å². The summed E-state index contributed by atoms with van der Waals surface area (Å²) in [5.74, 6) is -1.26. The van der Waals surface area contributed by atoms with Gasteiger partial charge in [-0.15, -0.1) is 0 Å². The van der Waals surface area contributed by atoms with E-state index in [1.807, 2.05) is 0 Å². The average Bonchev–Trinajstić information content (AvgIpc) is 2.80. The minimum atomic E-state index is -5.26. The molecule has 4 rings (SSSR count). The lowest BCUT2D eigenvalue weighted by Crippen LogP contribution is -2.42. The smallest absolute Gasteiger partial charge is 0.374 e. The summed E-state index contributed by atoms with van der Waals surface area (Å²) in [5.41, 5.74) is -0.253. The van der Waals surface area contributed by atoms with Crippen molar-refractivity contribution in [1.29, 1.82) is 0 Å². The second-order valence-corrected chi connectivity index (χ2v) is 12.2. The molecule has 0 radical (unpaired) electrons. The minimum Gasteiger partial charge on any atom is -0.378 e. The predicted octanol–water partition coefficient (Wildman–Crippen LogP) is 1.93. The van der Waals surface area contributed by atoms with Gasteiger partial charge in [0.1, 0.15) is 5.82 Å². The summed E-state index contributed by atoms with van der Waals surface area (Å²) in [5, 5.41) is 7.65. The van der Waals surface area contributed by atoms with Gasteiger partial charge in [-0.05, 0) is 17.7 Å². The molecule has 34 heavy (non-hydrogen) atoms. The van der Waals surface area contributed by atoms with Crippen LogP contribution in [0.5, 0.6) is 0 Å². The van der Waals surface area contributed by atoms with Crippen molar-refractivity contribution in [2.24, 2.45) is 0 Å². The van der Waals surface area contributed by atoms with Crippen LogP contribution < -0.4 is 0 Å². The Morgan fingerprint density at radius 1 is 1.15 bits per heavy atom. The molecule has 3 heterocycles. The summed E-state index contributed by atoms with van der Waals surface area (Å²) in [6.45, 7) is 1.31. The molecule has 1 aromatic carbocycles. The number of aromatic nitrogens is 1. The molecule has 0 bridgehead atoms. The van der Waals surface area contributed by atoms with Crippen LogP contribution in [0.3, 0.4) is 0 Å². The lowest BCUT2D eigenvalue weighted by molar-refractivity contribution is -0.134. The first kappa shape index (κ1) is 25.1. The van der Waals surface area contributed by atoms with Gasteiger partial charge in [-0.1, -0.05) is 18.2 Å². The highest BCUT2D eigenvalue weighted by molar-refractivity contribution is 7.73. The molecule has 0 spiro atoms. The van der Waals surface area contributed by atoms with Crippen LogP contribution in [0.1, 0.15) is 23.0 Å². The Morgan fingerprint density at radius 2 is 1.82 bits per heavy atom. The van der Waals surface area contributed by atoms with Gasteiger partial charge in [0.05, 0.1) is 19.6 Å². The third kappa shape index (κ3) is 4.73. The molecule has 1 amide bonds. The van der Waals surface area contributed by atoms with Crippen LogP contribution in [-0.4, -0.2) is 62.1 Å². The average molecular weight is 516 g/mol. The number of hydrogen-bond donors (Lipinski definition) is 3. The summed E-state index contributed by atoms with van der Waals surface area (Å²) in [4.78, 5) is 39.0. The van der Waals surface area contributed by atoms with Crippen LogP contribution in [-0.2, 0) is 40.6 Å². The number of pyridine rings is 1. The first-order chi connectivity index (χ1) is 16.0. The predicted molar refractivity (Wildman–Crippen MR) is 115 cm³/mol. The Morgan fingerprint density at radius 3 is 2.44 bits per heavy atom. The van der Waals surface area contributed by atoms with Crippen LogP contribution in [0, 0.1) is 5.82 Å². The van der Waals surface area contributed by atoms with E-state index >= 15 is 0 Å². The summed E-state index contributed by atoms with van der Waals surface area (Å²) in [6.07, 6.45) is -0.536. The Balaban J connectivity index is 1.64. The Kier molecular flexibility index (Phi) is 7.06. The van der Waals surface area contributed by atoms with E-state index < -0.39 is 51.1 Å². The lowest BCUT2D eigenvalue weighted by atomic mass is 10.0. The number of halogens is 1. The molecule has 2 saturated heterocycles. The maximum absolute atomic E-state index is 14.7. The minimum absolute atomic E-state index is 0.182. The van der Waals surface area contributed by atoms with E-state index in [-0.39, 0.29) is 16.7 Å². The molecule has 0 aliphatic carbocycles. The molecule has 2 aromatic rings. The number of carbonyl (C=O) groups excluding carboxylic acids is 1. The highest BCUT2D eigenvalue weighted by Gasteiger charge is 2.67. The maximum Gasteiger partial charge on any atom is 0.374 e. The first-order valence-electron chi connectivity index (χ1n) is 10.3. The van der Waals surface area contributed by atoms with E-state index in [4.69, 9.17) is 13.8 Å². The number of benzene rings is 1. The van der Waals surface area contributed by atoms with E-state index in [2.05, 4.69) is 4.98 Å². The number of aliphatic hydroxyl groups is 1. The van der Waals surface area contributed by atoms with Crippen LogP contribution in [0.25, 0.3) is 0 Å². The van der Waals surface area contributed by atoms with Gasteiger partial charge >= 0.3 is 15.2 Å². The first-order valence-corrected chi connectivity index (χ1v) is 13.5. The van der Waals surface area contributed by atoms with Crippen molar-refractivity contribution in [2.45, 2.75) is 24.2 Å². The van der Waals surface area contributed by atoms with E-state index in [1.54, 1.807) is 0 Å². The summed E-state index contributed by atoms with van der Waals surface area (Å²) in [7, 11) is -10.5. The lowest BCUT2D eigenvalue weighted by Gasteiger charge is -2.41. The third-order valence-corrected chi connectivity index (χ3v) is 10.2. The number of amides is 1. The number of carbonyl (C=O) groups is 1. The van der Waals surface area contributed by atoms with Crippen molar-refractivity contribution in [3.8, 4) is 0 Å². The molecule has 1 aromatic heterocycles. The quantitative estimate of drug-likeness (QED) is 0.502. The molecule has 2 fully saturated rings. The van der Waals surface area contributed by atoms with Gasteiger partial charge in [0.2, 0.25) is 12.2 Å². The van der Waals surface area contributed by atoms with E-state index in [1.165, 1.54) is 41.6 Å². The monoisotopic (exact) mass is 516 g/mol. The fraction of sp³-hybridized carbons (Fsp3) is 0.400. The summed E-state index contributed by atoms with van der Waals surface area (Å²) >= 11 is 0. The number of morpholine rings is 1. The number of rotatable bonds is 5. The highest BCUT2D eigenvalue weighted by atomic mass is 31.2. The Hall–Kier alpha value is -2.01. The van der Waals surface area contributed by atoms with Gasteiger partial charge in [-0.2, -0.15) is 0 Å². The standard InChI is InChI=1S/C20H23FN2O9P2/c21-17-5-1-4-15(16(17)11-18(24)23-7-9-30-10-8-23)19-31-33(26,27)20(25,34(28,29)32-19)12-14-3-2-6-22-13-14/h1-6,13,19,25H,7-12H2,(H,26,27)(H,28,29). The van der Waals surface area contributed by atoms with Crippen LogP contribution in [0.2, 0.25) is 0 Å². The van der Waals surface area contributed by atoms with Gasteiger partial charge in [0, 0.05) is 43.0 Å².